The number of hydrogen-bond donors (Lipinski definition) is 3. The number of anilines is 1. The van der Waals surface area contributed by atoms with E-state index in [1.165, 1.54) is 0 Å². The third-order valence-electron chi connectivity index (χ3n) is 3.04. The van der Waals surface area contributed by atoms with E-state index in [1.807, 2.05) is 31.2 Å². The standard InChI is InChI=1S/C15H14N4O/c1-9-3-2-4-10(7-9)14-17-15(19-18-14)12-8-11(16)5-6-13(12)20/h2-8,20H,16H2,1H3,(H,17,18,19). The Bertz CT molecular complexity index is 764. The first kappa shape index (κ1) is 12.2. The number of nitrogens with one attached hydrogen (secondary N) is 1. The number of nitrogen functional groups attached to an aromatic ring is 1. The van der Waals surface area contributed by atoms with E-state index in [-0.39, 0.29) is 5.75 Å². The van der Waals surface area contributed by atoms with E-state index in [0.29, 0.717) is 22.9 Å². The Morgan fingerprint density at radius 2 is 2.00 bits per heavy atom. The van der Waals surface area contributed by atoms with Crippen LogP contribution >= 0.6 is 0 Å². The van der Waals surface area contributed by atoms with Gasteiger partial charge in [-0.15, -0.1) is 0 Å². The van der Waals surface area contributed by atoms with Gasteiger partial charge in [-0.05, 0) is 31.2 Å². The zero-order valence-corrected chi connectivity index (χ0v) is 11.0. The summed E-state index contributed by atoms with van der Waals surface area (Å²) in [6.07, 6.45) is 0. The number of H-pyrrole nitrogens is 1. The van der Waals surface area contributed by atoms with Gasteiger partial charge in [-0.3, -0.25) is 5.10 Å². The molecular weight excluding hydrogens is 252 g/mol. The maximum absolute atomic E-state index is 9.87. The van der Waals surface area contributed by atoms with Crippen molar-refractivity contribution >= 4 is 5.69 Å². The molecule has 3 aromatic rings. The number of nitrogens with zero attached hydrogens (tertiary/aromatic N) is 2. The highest BCUT2D eigenvalue weighted by atomic mass is 16.3. The summed E-state index contributed by atoms with van der Waals surface area (Å²) in [7, 11) is 0. The lowest BCUT2D eigenvalue weighted by Gasteiger charge is -2.01. The molecule has 0 saturated heterocycles. The number of phenols is 1. The molecule has 0 bridgehead atoms. The van der Waals surface area contributed by atoms with E-state index in [1.54, 1.807) is 18.2 Å². The predicted octanol–water partition coefficient (Wildman–Crippen LogP) is 2.73. The molecule has 0 fully saturated rings. The van der Waals surface area contributed by atoms with Crippen molar-refractivity contribution in [1.29, 1.82) is 0 Å². The molecule has 0 aliphatic rings. The molecule has 0 atom stereocenters. The van der Waals surface area contributed by atoms with Crippen molar-refractivity contribution in [3.05, 3.63) is 48.0 Å². The highest BCUT2D eigenvalue weighted by molar-refractivity contribution is 5.70. The van der Waals surface area contributed by atoms with Crippen molar-refractivity contribution in [2.24, 2.45) is 0 Å². The number of nitrogens with two attached hydrogens (primary N) is 1. The average Bonchev–Trinajstić information content (AvgIpc) is 2.91. The number of hydrogen-bond acceptors (Lipinski definition) is 4. The van der Waals surface area contributed by atoms with Crippen LogP contribution in [0.1, 0.15) is 5.56 Å². The Labute approximate surface area is 116 Å². The van der Waals surface area contributed by atoms with Gasteiger partial charge in [-0.2, -0.15) is 5.10 Å². The first-order valence-electron chi connectivity index (χ1n) is 6.22. The number of rotatable bonds is 2. The minimum Gasteiger partial charge on any atom is -0.507 e. The lowest BCUT2D eigenvalue weighted by molar-refractivity contribution is 0.477. The first-order chi connectivity index (χ1) is 9.63. The van der Waals surface area contributed by atoms with Gasteiger partial charge in [-0.25, -0.2) is 4.98 Å². The molecule has 5 heteroatoms. The molecule has 4 N–H and O–H groups in total. The lowest BCUT2D eigenvalue weighted by atomic mass is 10.1. The SMILES string of the molecule is Cc1cccc(-c2n[nH]c(-c3cc(N)ccc3O)n2)c1. The number of aromatic amines is 1. The second-order valence-corrected chi connectivity index (χ2v) is 4.65. The number of aryl methyl sites for hydroxylation is 1. The van der Waals surface area contributed by atoms with Crippen LogP contribution in [-0.2, 0) is 0 Å². The summed E-state index contributed by atoms with van der Waals surface area (Å²) in [6, 6.07) is 12.8. The van der Waals surface area contributed by atoms with E-state index in [9.17, 15) is 5.11 Å². The van der Waals surface area contributed by atoms with Gasteiger partial charge in [0, 0.05) is 11.3 Å². The molecule has 100 valence electrons. The fourth-order valence-electron chi connectivity index (χ4n) is 2.04. The van der Waals surface area contributed by atoms with Gasteiger partial charge in [0.15, 0.2) is 11.6 Å². The maximum Gasteiger partial charge on any atom is 0.181 e. The summed E-state index contributed by atoms with van der Waals surface area (Å²) in [5, 5.41) is 16.9. The molecule has 5 nitrogen and oxygen atoms in total. The Morgan fingerprint density at radius 3 is 2.80 bits per heavy atom. The minimum absolute atomic E-state index is 0.117. The summed E-state index contributed by atoms with van der Waals surface area (Å²) in [6.45, 7) is 2.01. The van der Waals surface area contributed by atoms with E-state index >= 15 is 0 Å². The molecule has 0 unspecified atom stereocenters. The summed E-state index contributed by atoms with van der Waals surface area (Å²) in [4.78, 5) is 4.41. The number of aromatic nitrogens is 3. The third kappa shape index (κ3) is 2.21. The van der Waals surface area contributed by atoms with Crippen LogP contribution in [0.2, 0.25) is 0 Å². The van der Waals surface area contributed by atoms with Gasteiger partial charge >= 0.3 is 0 Å². The van der Waals surface area contributed by atoms with Crippen LogP contribution < -0.4 is 5.73 Å². The van der Waals surface area contributed by atoms with Crippen molar-refractivity contribution in [3.8, 4) is 28.5 Å². The van der Waals surface area contributed by atoms with Crippen molar-refractivity contribution in [2.75, 3.05) is 5.73 Å². The zero-order chi connectivity index (χ0) is 14.1. The monoisotopic (exact) mass is 266 g/mol. The van der Waals surface area contributed by atoms with Crippen LogP contribution in [0, 0.1) is 6.92 Å². The van der Waals surface area contributed by atoms with Gasteiger partial charge in [-0.1, -0.05) is 23.8 Å². The molecule has 0 spiro atoms. The lowest BCUT2D eigenvalue weighted by Crippen LogP contribution is -1.87. The average molecular weight is 266 g/mol. The topological polar surface area (TPSA) is 87.8 Å². The molecule has 0 aliphatic carbocycles. The Kier molecular flexibility index (Phi) is 2.87. The fourth-order valence-corrected chi connectivity index (χ4v) is 2.04. The van der Waals surface area contributed by atoms with Crippen LogP contribution in [-0.4, -0.2) is 20.3 Å². The van der Waals surface area contributed by atoms with Gasteiger partial charge in [0.25, 0.3) is 0 Å². The van der Waals surface area contributed by atoms with E-state index in [0.717, 1.165) is 11.1 Å². The van der Waals surface area contributed by atoms with Crippen LogP contribution in [0.4, 0.5) is 5.69 Å². The van der Waals surface area contributed by atoms with Gasteiger partial charge < -0.3 is 10.8 Å². The fraction of sp³-hybridized carbons (Fsp3) is 0.0667. The molecular formula is C15H14N4O. The smallest absolute Gasteiger partial charge is 0.181 e. The third-order valence-corrected chi connectivity index (χ3v) is 3.04. The molecule has 3 rings (SSSR count). The van der Waals surface area contributed by atoms with Gasteiger partial charge in [0.1, 0.15) is 5.75 Å². The van der Waals surface area contributed by atoms with E-state index in [2.05, 4.69) is 15.2 Å². The van der Waals surface area contributed by atoms with E-state index in [4.69, 9.17) is 5.73 Å². The number of aromatic hydroxyl groups is 1. The quantitative estimate of drug-likeness (QED) is 0.491. The predicted molar refractivity (Wildman–Crippen MR) is 78.1 cm³/mol. The van der Waals surface area contributed by atoms with Crippen molar-refractivity contribution in [1.82, 2.24) is 15.2 Å². The zero-order valence-electron chi connectivity index (χ0n) is 11.0. The molecule has 0 aliphatic heterocycles. The van der Waals surface area contributed by atoms with Gasteiger partial charge in [0.05, 0.1) is 5.56 Å². The highest BCUT2D eigenvalue weighted by Gasteiger charge is 2.11. The highest BCUT2D eigenvalue weighted by Crippen LogP contribution is 2.29. The summed E-state index contributed by atoms with van der Waals surface area (Å²) < 4.78 is 0. The van der Waals surface area contributed by atoms with Crippen LogP contribution in [0.5, 0.6) is 5.75 Å². The molecule has 2 aromatic carbocycles. The summed E-state index contributed by atoms with van der Waals surface area (Å²) in [5.41, 5.74) is 8.90. The Morgan fingerprint density at radius 1 is 1.15 bits per heavy atom. The summed E-state index contributed by atoms with van der Waals surface area (Å²) in [5.74, 6) is 1.20. The van der Waals surface area contributed by atoms with Crippen molar-refractivity contribution < 1.29 is 5.11 Å². The largest absolute Gasteiger partial charge is 0.507 e. The van der Waals surface area contributed by atoms with Crippen LogP contribution in [0.3, 0.4) is 0 Å². The number of phenolic OH excluding ortho intramolecular Hbond substituents is 1. The maximum atomic E-state index is 9.87. The van der Waals surface area contributed by atoms with E-state index < -0.39 is 0 Å². The second kappa shape index (κ2) is 4.70. The normalized spacial score (nSPS) is 10.7. The van der Waals surface area contributed by atoms with Crippen molar-refractivity contribution in [3.63, 3.8) is 0 Å². The first-order valence-corrected chi connectivity index (χ1v) is 6.22. The van der Waals surface area contributed by atoms with Crippen LogP contribution in [0.15, 0.2) is 42.5 Å². The Balaban J connectivity index is 2.04. The number of benzene rings is 2. The molecule has 1 aromatic heterocycles. The minimum atomic E-state index is 0.117. The van der Waals surface area contributed by atoms with Gasteiger partial charge in [0.2, 0.25) is 0 Å². The molecule has 1 heterocycles. The van der Waals surface area contributed by atoms with Crippen LogP contribution in [0.25, 0.3) is 22.8 Å². The van der Waals surface area contributed by atoms with Crippen molar-refractivity contribution in [2.45, 2.75) is 6.92 Å². The molecule has 0 amide bonds. The Hall–Kier alpha value is -2.82. The second-order valence-electron chi connectivity index (χ2n) is 4.65. The molecule has 20 heavy (non-hydrogen) atoms. The summed E-state index contributed by atoms with van der Waals surface area (Å²) >= 11 is 0. The molecule has 0 radical (unpaired) electrons. The molecule has 0 saturated carbocycles.